The van der Waals surface area contributed by atoms with Crippen LogP contribution in [0.2, 0.25) is 0 Å². The van der Waals surface area contributed by atoms with E-state index in [0.717, 1.165) is 6.42 Å². The fraction of sp³-hybridized carbons (Fsp3) is 0.375. The molecule has 2 heterocycles. The van der Waals surface area contributed by atoms with Gasteiger partial charge in [0, 0.05) is 30.0 Å². The van der Waals surface area contributed by atoms with Crippen molar-refractivity contribution in [3.8, 4) is 10.6 Å². The second-order valence-corrected chi connectivity index (χ2v) is 6.42. The second-order valence-electron chi connectivity index (χ2n) is 5.56. The van der Waals surface area contributed by atoms with Crippen molar-refractivity contribution >= 4 is 17.2 Å². The molecule has 0 bridgehead atoms. The largest absolute Gasteiger partial charge is 0.393 e. The van der Waals surface area contributed by atoms with Crippen LogP contribution in [0.4, 0.5) is 4.39 Å². The average molecular weight is 320 g/mol. The number of rotatable bonds is 3. The zero-order valence-electron chi connectivity index (χ0n) is 12.2. The van der Waals surface area contributed by atoms with Gasteiger partial charge < -0.3 is 10.0 Å². The van der Waals surface area contributed by atoms with Gasteiger partial charge >= 0.3 is 0 Å². The molecule has 1 aliphatic rings. The molecular weight excluding hydrogens is 303 g/mol. The maximum absolute atomic E-state index is 13.8. The Bertz CT molecular complexity index is 686. The number of likely N-dealkylation sites (tertiary alicyclic amines) is 1. The fourth-order valence-electron chi connectivity index (χ4n) is 2.66. The van der Waals surface area contributed by atoms with E-state index in [-0.39, 0.29) is 17.6 Å². The van der Waals surface area contributed by atoms with E-state index in [2.05, 4.69) is 4.98 Å². The van der Waals surface area contributed by atoms with Gasteiger partial charge in [0.1, 0.15) is 16.5 Å². The van der Waals surface area contributed by atoms with E-state index >= 15 is 0 Å². The van der Waals surface area contributed by atoms with E-state index < -0.39 is 6.10 Å². The maximum atomic E-state index is 13.8. The Morgan fingerprint density at radius 1 is 1.50 bits per heavy atom. The van der Waals surface area contributed by atoms with Gasteiger partial charge in [0.05, 0.1) is 6.10 Å². The van der Waals surface area contributed by atoms with Crippen LogP contribution in [-0.4, -0.2) is 40.1 Å². The molecule has 1 fully saturated rings. The number of aromatic nitrogens is 1. The summed E-state index contributed by atoms with van der Waals surface area (Å²) in [5.41, 5.74) is 0.754. The van der Waals surface area contributed by atoms with Crippen LogP contribution >= 0.6 is 11.3 Å². The van der Waals surface area contributed by atoms with Crippen molar-refractivity contribution in [1.82, 2.24) is 9.88 Å². The Labute approximate surface area is 132 Å². The highest BCUT2D eigenvalue weighted by atomic mass is 32.1. The molecule has 2 unspecified atom stereocenters. The van der Waals surface area contributed by atoms with E-state index in [1.807, 2.05) is 0 Å². The third kappa shape index (κ3) is 2.89. The van der Waals surface area contributed by atoms with Gasteiger partial charge in [-0.15, -0.1) is 11.3 Å². The van der Waals surface area contributed by atoms with Crippen molar-refractivity contribution in [1.29, 1.82) is 0 Å². The molecule has 1 N–H and O–H groups in total. The van der Waals surface area contributed by atoms with Crippen LogP contribution < -0.4 is 0 Å². The number of benzene rings is 1. The molecule has 116 valence electrons. The number of halogens is 1. The van der Waals surface area contributed by atoms with Crippen molar-refractivity contribution in [3.05, 3.63) is 41.2 Å². The molecule has 2 aromatic rings. The monoisotopic (exact) mass is 320 g/mol. The van der Waals surface area contributed by atoms with E-state index in [1.54, 1.807) is 35.4 Å². The highest BCUT2D eigenvalue weighted by Crippen LogP contribution is 2.28. The molecule has 1 aromatic heterocycles. The Morgan fingerprint density at radius 2 is 2.27 bits per heavy atom. The number of aliphatic hydroxyl groups is 1. The quantitative estimate of drug-likeness (QED) is 0.946. The first-order chi connectivity index (χ1) is 10.6. The number of carbonyl (C=O) groups excluding carboxylic acids is 1. The van der Waals surface area contributed by atoms with E-state index in [9.17, 15) is 14.3 Å². The summed E-state index contributed by atoms with van der Waals surface area (Å²) >= 11 is 1.26. The molecule has 0 spiro atoms. The number of aliphatic hydroxyl groups excluding tert-OH is 1. The first kappa shape index (κ1) is 15.1. The number of hydrogen-bond acceptors (Lipinski definition) is 4. The summed E-state index contributed by atoms with van der Waals surface area (Å²) in [6.07, 6.45) is 0.385. The van der Waals surface area contributed by atoms with Crippen LogP contribution in [0.15, 0.2) is 29.6 Å². The molecule has 1 saturated heterocycles. The highest BCUT2D eigenvalue weighted by Gasteiger charge is 2.30. The Kier molecular flexibility index (Phi) is 4.22. The molecule has 1 amide bonds. The SMILES string of the molecule is CC(O)C1CCN(C(=O)c2csc(-c3ccccc3F)n2)C1. The third-order valence-corrected chi connectivity index (χ3v) is 4.90. The fourth-order valence-corrected chi connectivity index (χ4v) is 3.48. The van der Waals surface area contributed by atoms with Crippen LogP contribution in [0, 0.1) is 11.7 Å². The number of hydrogen-bond donors (Lipinski definition) is 1. The minimum atomic E-state index is -0.415. The van der Waals surface area contributed by atoms with Gasteiger partial charge in [-0.2, -0.15) is 0 Å². The van der Waals surface area contributed by atoms with Crippen molar-refractivity contribution < 1.29 is 14.3 Å². The molecule has 4 nitrogen and oxygen atoms in total. The van der Waals surface area contributed by atoms with Crippen molar-refractivity contribution in [2.24, 2.45) is 5.92 Å². The molecule has 0 radical (unpaired) electrons. The summed E-state index contributed by atoms with van der Waals surface area (Å²) in [7, 11) is 0. The van der Waals surface area contributed by atoms with Crippen LogP contribution in [0.25, 0.3) is 10.6 Å². The minimum Gasteiger partial charge on any atom is -0.393 e. The lowest BCUT2D eigenvalue weighted by Crippen LogP contribution is -2.30. The van der Waals surface area contributed by atoms with Gasteiger partial charge in [0.25, 0.3) is 5.91 Å². The van der Waals surface area contributed by atoms with Gasteiger partial charge in [-0.3, -0.25) is 4.79 Å². The average Bonchev–Trinajstić information content (AvgIpc) is 3.17. The lowest BCUT2D eigenvalue weighted by molar-refractivity contribution is 0.0757. The van der Waals surface area contributed by atoms with Gasteiger partial charge in [-0.1, -0.05) is 12.1 Å². The van der Waals surface area contributed by atoms with Crippen molar-refractivity contribution in [2.75, 3.05) is 13.1 Å². The lowest BCUT2D eigenvalue weighted by atomic mass is 10.0. The first-order valence-corrected chi connectivity index (χ1v) is 8.12. The zero-order chi connectivity index (χ0) is 15.7. The number of amides is 1. The number of carbonyl (C=O) groups is 1. The van der Waals surface area contributed by atoms with Crippen molar-refractivity contribution in [3.63, 3.8) is 0 Å². The Balaban J connectivity index is 1.77. The van der Waals surface area contributed by atoms with Crippen LogP contribution in [0.1, 0.15) is 23.8 Å². The standard InChI is InChI=1S/C16H17FN2O2S/c1-10(20)11-6-7-19(8-11)16(21)14-9-22-15(18-14)12-4-2-3-5-13(12)17/h2-5,9-11,20H,6-8H2,1H3. The van der Waals surface area contributed by atoms with Gasteiger partial charge in [-0.05, 0) is 25.5 Å². The predicted octanol–water partition coefficient (Wildman–Crippen LogP) is 2.79. The van der Waals surface area contributed by atoms with Crippen LogP contribution in [-0.2, 0) is 0 Å². The van der Waals surface area contributed by atoms with Gasteiger partial charge in [0.2, 0.25) is 0 Å². The maximum Gasteiger partial charge on any atom is 0.273 e. The van der Waals surface area contributed by atoms with Crippen molar-refractivity contribution in [2.45, 2.75) is 19.4 Å². The molecule has 22 heavy (non-hydrogen) atoms. The van der Waals surface area contributed by atoms with E-state index in [4.69, 9.17) is 0 Å². The normalized spacial score (nSPS) is 19.4. The molecule has 1 aromatic carbocycles. The molecule has 0 saturated carbocycles. The first-order valence-electron chi connectivity index (χ1n) is 7.24. The van der Waals surface area contributed by atoms with Gasteiger partial charge in [0.15, 0.2) is 0 Å². The summed E-state index contributed by atoms with van der Waals surface area (Å²) in [4.78, 5) is 18.4. The molecule has 1 aliphatic heterocycles. The topological polar surface area (TPSA) is 53.4 Å². The Morgan fingerprint density at radius 3 is 2.95 bits per heavy atom. The molecule has 3 rings (SSSR count). The van der Waals surface area contributed by atoms with Crippen LogP contribution in [0.5, 0.6) is 0 Å². The molecule has 2 atom stereocenters. The molecule has 6 heteroatoms. The second kappa shape index (κ2) is 6.14. The zero-order valence-corrected chi connectivity index (χ0v) is 13.0. The molecular formula is C16H17FN2O2S. The summed E-state index contributed by atoms with van der Waals surface area (Å²) in [5, 5.41) is 11.8. The van der Waals surface area contributed by atoms with Crippen LogP contribution in [0.3, 0.4) is 0 Å². The number of nitrogens with zero attached hydrogens (tertiary/aromatic N) is 2. The number of thiazole rings is 1. The lowest BCUT2D eigenvalue weighted by Gasteiger charge is -2.16. The third-order valence-electron chi connectivity index (χ3n) is 4.02. The summed E-state index contributed by atoms with van der Waals surface area (Å²) < 4.78 is 13.8. The molecule has 0 aliphatic carbocycles. The predicted molar refractivity (Wildman–Crippen MR) is 83.2 cm³/mol. The summed E-state index contributed by atoms with van der Waals surface area (Å²) in [6, 6.07) is 6.40. The Hall–Kier alpha value is -1.79. The smallest absolute Gasteiger partial charge is 0.273 e. The van der Waals surface area contributed by atoms with Gasteiger partial charge in [-0.25, -0.2) is 9.37 Å². The highest BCUT2D eigenvalue weighted by molar-refractivity contribution is 7.13. The van der Waals surface area contributed by atoms with E-state index in [0.29, 0.717) is 29.4 Å². The minimum absolute atomic E-state index is 0.119. The summed E-state index contributed by atoms with van der Waals surface area (Å²) in [5.74, 6) is -0.373. The van der Waals surface area contributed by atoms with E-state index in [1.165, 1.54) is 17.4 Å². The summed E-state index contributed by atoms with van der Waals surface area (Å²) in [6.45, 7) is 2.92.